The van der Waals surface area contributed by atoms with Gasteiger partial charge in [0.1, 0.15) is 5.82 Å². The van der Waals surface area contributed by atoms with Crippen molar-refractivity contribution in [3.05, 3.63) is 94.6 Å². The van der Waals surface area contributed by atoms with Gasteiger partial charge < -0.3 is 4.90 Å². The molecule has 0 N–H and O–H groups in total. The highest BCUT2D eigenvalue weighted by Gasteiger charge is 2.31. The third kappa shape index (κ3) is 4.31. The second-order valence-electron chi connectivity index (χ2n) is 9.80. The van der Waals surface area contributed by atoms with Crippen LogP contribution in [0.1, 0.15) is 65.3 Å². The molecule has 2 heterocycles. The van der Waals surface area contributed by atoms with E-state index < -0.39 is 0 Å². The highest BCUT2D eigenvalue weighted by Crippen LogP contribution is 2.42. The van der Waals surface area contributed by atoms with E-state index in [1.54, 1.807) is 31.3 Å². The molecule has 1 saturated heterocycles. The zero-order chi connectivity index (χ0) is 24.7. The number of hydrogen-bond donors (Lipinski definition) is 0. The summed E-state index contributed by atoms with van der Waals surface area (Å²) in [6, 6.07) is 14.2. The number of ketones is 1. The number of allylic oxidation sites excluding steroid dienone is 2. The quantitative estimate of drug-likeness (QED) is 0.459. The number of rotatable bonds is 4. The van der Waals surface area contributed by atoms with Gasteiger partial charge in [-0.25, -0.2) is 4.39 Å². The fraction of sp³-hybridized carbons (Fsp3) is 0.300. The minimum atomic E-state index is -0.290. The van der Waals surface area contributed by atoms with Crippen LogP contribution in [-0.2, 0) is 4.79 Å². The van der Waals surface area contributed by atoms with Gasteiger partial charge in [-0.15, -0.1) is 0 Å². The van der Waals surface area contributed by atoms with Gasteiger partial charge in [0.15, 0.2) is 5.78 Å². The van der Waals surface area contributed by atoms with Crippen LogP contribution in [0.4, 0.5) is 4.39 Å². The first kappa shape index (κ1) is 23.2. The predicted molar refractivity (Wildman–Crippen MR) is 136 cm³/mol. The van der Waals surface area contributed by atoms with Crippen LogP contribution >= 0.6 is 0 Å². The van der Waals surface area contributed by atoms with E-state index in [2.05, 4.69) is 6.92 Å². The number of carbonyl (C=O) groups is 2. The van der Waals surface area contributed by atoms with Gasteiger partial charge in [-0.05, 0) is 73.6 Å². The molecule has 4 nitrogen and oxygen atoms in total. The maximum Gasteiger partial charge on any atom is 0.253 e. The van der Waals surface area contributed by atoms with Crippen molar-refractivity contribution in [3.8, 4) is 11.1 Å². The van der Waals surface area contributed by atoms with Crippen LogP contribution in [0.25, 0.3) is 16.7 Å². The molecule has 0 bridgehead atoms. The van der Waals surface area contributed by atoms with E-state index in [1.165, 1.54) is 6.07 Å². The lowest BCUT2D eigenvalue weighted by Crippen LogP contribution is -2.37. The molecule has 3 aromatic rings. The molecule has 5 rings (SSSR count). The molecule has 5 heteroatoms. The van der Waals surface area contributed by atoms with E-state index in [1.807, 2.05) is 42.2 Å². The van der Waals surface area contributed by atoms with Gasteiger partial charge in [-0.1, -0.05) is 37.3 Å². The highest BCUT2D eigenvalue weighted by atomic mass is 19.1. The standard InChI is InChI=1S/C30H29FN2O2/c1-18-10-12-33(13-11-18)30(35)21-8-9-24-25(20(3)34)16-27(26(24)15-21)29-19(2)14-22(17-32-29)23-6-4-5-7-28(23)31/h4-9,14-18,27H,10-13H2,1-3H3. The van der Waals surface area contributed by atoms with Crippen LogP contribution in [0.5, 0.6) is 0 Å². The lowest BCUT2D eigenvalue weighted by Gasteiger charge is -2.30. The molecule has 2 aromatic carbocycles. The number of amides is 1. The number of carbonyl (C=O) groups excluding carboxylic acids is 2. The van der Waals surface area contributed by atoms with Crippen molar-refractivity contribution in [1.29, 1.82) is 0 Å². The molecule has 1 aliphatic carbocycles. The molecule has 1 aliphatic heterocycles. The summed E-state index contributed by atoms with van der Waals surface area (Å²) in [5.74, 6) is 0.134. The number of benzene rings is 2. The molecule has 35 heavy (non-hydrogen) atoms. The molecular formula is C30H29FN2O2. The first-order chi connectivity index (χ1) is 16.8. The lowest BCUT2D eigenvalue weighted by molar-refractivity contribution is -0.111. The first-order valence-corrected chi connectivity index (χ1v) is 12.2. The molecule has 1 unspecified atom stereocenters. The molecule has 1 atom stereocenters. The third-order valence-corrected chi connectivity index (χ3v) is 7.31. The molecule has 0 radical (unpaired) electrons. The molecule has 1 fully saturated rings. The number of aryl methyl sites for hydroxylation is 1. The molecule has 0 spiro atoms. The van der Waals surface area contributed by atoms with Crippen LogP contribution in [-0.4, -0.2) is 34.7 Å². The van der Waals surface area contributed by atoms with Crippen LogP contribution in [0, 0.1) is 18.7 Å². The van der Waals surface area contributed by atoms with Crippen LogP contribution < -0.4 is 0 Å². The van der Waals surface area contributed by atoms with Crippen molar-refractivity contribution < 1.29 is 14.0 Å². The van der Waals surface area contributed by atoms with Gasteiger partial charge in [-0.3, -0.25) is 14.6 Å². The number of likely N-dealkylation sites (tertiary alicyclic amines) is 1. The average Bonchev–Trinajstić information content (AvgIpc) is 3.23. The predicted octanol–water partition coefficient (Wildman–Crippen LogP) is 6.19. The number of aromatic nitrogens is 1. The molecule has 1 amide bonds. The van der Waals surface area contributed by atoms with Gasteiger partial charge in [0.05, 0.1) is 5.69 Å². The Balaban J connectivity index is 1.52. The zero-order valence-electron chi connectivity index (χ0n) is 20.3. The minimum absolute atomic E-state index is 0.0153. The third-order valence-electron chi connectivity index (χ3n) is 7.31. The largest absolute Gasteiger partial charge is 0.339 e. The van der Waals surface area contributed by atoms with Crippen molar-refractivity contribution in [2.45, 2.75) is 39.5 Å². The highest BCUT2D eigenvalue weighted by molar-refractivity contribution is 6.21. The van der Waals surface area contributed by atoms with Gasteiger partial charge >= 0.3 is 0 Å². The van der Waals surface area contributed by atoms with Crippen molar-refractivity contribution in [2.75, 3.05) is 13.1 Å². The Morgan fingerprint density at radius 1 is 1.03 bits per heavy atom. The van der Waals surface area contributed by atoms with Crippen molar-refractivity contribution in [1.82, 2.24) is 9.88 Å². The zero-order valence-corrected chi connectivity index (χ0v) is 20.3. The molecule has 1 aromatic heterocycles. The number of nitrogens with zero attached hydrogens (tertiary/aromatic N) is 2. The number of Topliss-reactive ketones (excluding diaryl/α,β-unsaturated/α-hetero) is 1. The van der Waals surface area contributed by atoms with Crippen LogP contribution in [0.3, 0.4) is 0 Å². The Hall–Kier alpha value is -3.60. The minimum Gasteiger partial charge on any atom is -0.339 e. The van der Waals surface area contributed by atoms with E-state index in [9.17, 15) is 14.0 Å². The average molecular weight is 469 g/mol. The maximum absolute atomic E-state index is 14.3. The van der Waals surface area contributed by atoms with Gasteiger partial charge in [0.25, 0.3) is 5.91 Å². The summed E-state index contributed by atoms with van der Waals surface area (Å²) in [6.07, 6.45) is 5.67. The van der Waals surface area contributed by atoms with Crippen LogP contribution in [0.2, 0.25) is 0 Å². The fourth-order valence-electron chi connectivity index (χ4n) is 5.23. The molecular weight excluding hydrogens is 439 g/mol. The van der Waals surface area contributed by atoms with Crippen molar-refractivity contribution in [3.63, 3.8) is 0 Å². The molecule has 178 valence electrons. The smallest absolute Gasteiger partial charge is 0.253 e. The van der Waals surface area contributed by atoms with Crippen LogP contribution in [0.15, 0.2) is 60.8 Å². The Morgan fingerprint density at radius 2 is 1.77 bits per heavy atom. The number of halogens is 1. The monoisotopic (exact) mass is 468 g/mol. The van der Waals surface area contributed by atoms with Crippen molar-refractivity contribution in [2.24, 2.45) is 5.92 Å². The first-order valence-electron chi connectivity index (χ1n) is 12.2. The second-order valence-corrected chi connectivity index (χ2v) is 9.80. The summed E-state index contributed by atoms with van der Waals surface area (Å²) in [5, 5.41) is 0. The summed E-state index contributed by atoms with van der Waals surface area (Å²) in [5.41, 5.74) is 5.99. The Morgan fingerprint density at radius 3 is 2.46 bits per heavy atom. The van der Waals surface area contributed by atoms with Gasteiger partial charge in [-0.2, -0.15) is 0 Å². The second kappa shape index (κ2) is 9.21. The van der Waals surface area contributed by atoms with E-state index in [0.717, 1.165) is 48.3 Å². The number of piperidine rings is 1. The summed E-state index contributed by atoms with van der Waals surface area (Å²) >= 11 is 0. The van der Waals surface area contributed by atoms with E-state index in [0.29, 0.717) is 28.2 Å². The van der Waals surface area contributed by atoms with Crippen molar-refractivity contribution >= 4 is 17.3 Å². The maximum atomic E-state index is 14.3. The van der Waals surface area contributed by atoms with Gasteiger partial charge in [0.2, 0.25) is 0 Å². The normalized spacial score (nSPS) is 17.8. The number of pyridine rings is 1. The SMILES string of the molecule is CC(=O)C1=CC(c2ncc(-c3ccccc3F)cc2C)c2cc(C(=O)N3CCC(C)CC3)ccc21. The Bertz CT molecular complexity index is 1350. The summed E-state index contributed by atoms with van der Waals surface area (Å²) in [6.45, 7) is 7.29. The number of fused-ring (bicyclic) bond motifs is 1. The molecule has 2 aliphatic rings. The van der Waals surface area contributed by atoms with E-state index in [4.69, 9.17) is 4.98 Å². The molecule has 0 saturated carbocycles. The summed E-state index contributed by atoms with van der Waals surface area (Å²) < 4.78 is 14.3. The Kier molecular flexibility index (Phi) is 6.10. The summed E-state index contributed by atoms with van der Waals surface area (Å²) in [4.78, 5) is 32.3. The Labute approximate surface area is 205 Å². The number of hydrogen-bond acceptors (Lipinski definition) is 3. The van der Waals surface area contributed by atoms with E-state index >= 15 is 0 Å². The summed E-state index contributed by atoms with van der Waals surface area (Å²) in [7, 11) is 0. The lowest BCUT2D eigenvalue weighted by atomic mass is 9.91. The topological polar surface area (TPSA) is 50.3 Å². The fourth-order valence-corrected chi connectivity index (χ4v) is 5.23. The van der Waals surface area contributed by atoms with Gasteiger partial charge in [0, 0.05) is 47.5 Å². The van der Waals surface area contributed by atoms with E-state index in [-0.39, 0.29) is 23.4 Å².